The van der Waals surface area contributed by atoms with E-state index in [1.165, 1.54) is 12.1 Å². The maximum atomic E-state index is 13.1. The van der Waals surface area contributed by atoms with Crippen LogP contribution in [0, 0.1) is 0 Å². The summed E-state index contributed by atoms with van der Waals surface area (Å²) >= 11 is 0. The molecule has 3 aromatic rings. The summed E-state index contributed by atoms with van der Waals surface area (Å²) < 4.78 is 50.7. The van der Waals surface area contributed by atoms with Gasteiger partial charge in [0.15, 0.2) is 0 Å². The van der Waals surface area contributed by atoms with Crippen molar-refractivity contribution in [3.05, 3.63) is 95.6 Å². The summed E-state index contributed by atoms with van der Waals surface area (Å²) in [6.07, 6.45) is -4.56. The van der Waals surface area contributed by atoms with Crippen LogP contribution in [0.25, 0.3) is 0 Å². The fourth-order valence-electron chi connectivity index (χ4n) is 2.61. The third-order valence-corrected chi connectivity index (χ3v) is 4.11. The highest BCUT2D eigenvalue weighted by molar-refractivity contribution is 5.40. The number of hydrogen-bond donors (Lipinski definition) is 1. The van der Waals surface area contributed by atoms with Crippen molar-refractivity contribution in [2.45, 2.75) is 25.4 Å². The predicted molar refractivity (Wildman–Crippen MR) is 101 cm³/mol. The summed E-state index contributed by atoms with van der Waals surface area (Å²) in [6.45, 7) is 0.452. The topological polar surface area (TPSA) is 44.5 Å². The van der Waals surface area contributed by atoms with E-state index < -0.39 is 12.2 Å². The highest BCUT2D eigenvalue weighted by Crippen LogP contribution is 2.35. The second kappa shape index (κ2) is 8.80. The Labute approximate surface area is 161 Å². The Hall–Kier alpha value is -2.99. The van der Waals surface area contributed by atoms with Gasteiger partial charge in [0.2, 0.25) is 0 Å². The molecule has 0 unspecified atom stereocenters. The average molecular weight is 387 g/mol. The number of nitrogens with two attached hydrogens (primary N) is 1. The van der Waals surface area contributed by atoms with E-state index >= 15 is 0 Å². The van der Waals surface area contributed by atoms with Gasteiger partial charge in [-0.05, 0) is 28.8 Å². The molecule has 0 saturated heterocycles. The lowest BCUT2D eigenvalue weighted by Crippen LogP contribution is -2.28. The molecule has 0 fully saturated rings. The average Bonchev–Trinajstić information content (AvgIpc) is 2.71. The first-order valence-electron chi connectivity index (χ1n) is 8.72. The van der Waals surface area contributed by atoms with Gasteiger partial charge < -0.3 is 15.2 Å². The van der Waals surface area contributed by atoms with Crippen LogP contribution in [-0.4, -0.2) is 6.18 Å². The highest BCUT2D eigenvalue weighted by Gasteiger charge is 2.38. The third kappa shape index (κ3) is 5.50. The van der Waals surface area contributed by atoms with Gasteiger partial charge >= 0.3 is 6.18 Å². The zero-order valence-corrected chi connectivity index (χ0v) is 15.0. The molecule has 0 bridgehead atoms. The second-order valence-corrected chi connectivity index (χ2v) is 6.31. The monoisotopic (exact) mass is 387 g/mol. The van der Waals surface area contributed by atoms with E-state index in [2.05, 4.69) is 0 Å². The summed E-state index contributed by atoms with van der Waals surface area (Å²) in [5.74, 6) is 0.535. The van der Waals surface area contributed by atoms with Gasteiger partial charge in [0, 0.05) is 6.07 Å². The molecular weight excluding hydrogens is 367 g/mol. The van der Waals surface area contributed by atoms with Gasteiger partial charge in [-0.2, -0.15) is 13.2 Å². The van der Waals surface area contributed by atoms with E-state index in [0.29, 0.717) is 0 Å². The van der Waals surface area contributed by atoms with Crippen LogP contribution in [-0.2, 0) is 13.2 Å². The normalized spacial score (nSPS) is 12.4. The molecule has 0 heterocycles. The van der Waals surface area contributed by atoms with Crippen molar-refractivity contribution >= 4 is 0 Å². The Morgan fingerprint density at radius 1 is 0.714 bits per heavy atom. The summed E-state index contributed by atoms with van der Waals surface area (Å²) in [7, 11) is 0. The first-order chi connectivity index (χ1) is 13.4. The van der Waals surface area contributed by atoms with E-state index in [-0.39, 0.29) is 30.3 Å². The Morgan fingerprint density at radius 3 is 1.54 bits per heavy atom. The maximum Gasteiger partial charge on any atom is 0.407 e. The van der Waals surface area contributed by atoms with Gasteiger partial charge in [-0.25, -0.2) is 0 Å². The molecule has 0 amide bonds. The van der Waals surface area contributed by atoms with Crippen LogP contribution in [0.5, 0.6) is 11.5 Å². The van der Waals surface area contributed by atoms with Gasteiger partial charge in [-0.15, -0.1) is 0 Å². The fourth-order valence-corrected chi connectivity index (χ4v) is 2.61. The van der Waals surface area contributed by atoms with Crippen LogP contribution in [0.1, 0.15) is 22.7 Å². The Bertz CT molecular complexity index is 822. The summed E-state index contributed by atoms with van der Waals surface area (Å²) in [6, 6.07) is 20.8. The molecule has 146 valence electrons. The largest absolute Gasteiger partial charge is 0.489 e. The van der Waals surface area contributed by atoms with E-state index in [1.807, 2.05) is 60.7 Å². The number of halogens is 3. The van der Waals surface area contributed by atoms with Crippen LogP contribution in [0.3, 0.4) is 0 Å². The summed E-state index contributed by atoms with van der Waals surface area (Å²) in [4.78, 5) is 0. The van der Waals surface area contributed by atoms with Crippen molar-refractivity contribution in [1.82, 2.24) is 0 Å². The lowest BCUT2D eigenvalue weighted by Gasteiger charge is -2.18. The zero-order valence-electron chi connectivity index (χ0n) is 15.0. The molecule has 2 N–H and O–H groups in total. The van der Waals surface area contributed by atoms with E-state index in [9.17, 15) is 13.2 Å². The maximum absolute atomic E-state index is 13.1. The van der Waals surface area contributed by atoms with Crippen molar-refractivity contribution in [1.29, 1.82) is 0 Å². The number of rotatable bonds is 7. The Morgan fingerprint density at radius 2 is 1.14 bits per heavy atom. The first kappa shape index (κ1) is 19.8. The summed E-state index contributed by atoms with van der Waals surface area (Å²) in [5.41, 5.74) is 7.08. The molecule has 0 aliphatic heterocycles. The van der Waals surface area contributed by atoms with Gasteiger partial charge in [0.25, 0.3) is 0 Å². The van der Waals surface area contributed by atoms with Gasteiger partial charge in [-0.3, -0.25) is 0 Å². The minimum absolute atomic E-state index is 0.110. The quantitative estimate of drug-likeness (QED) is 0.590. The standard InChI is InChI=1S/C22H20F3NO2/c23-22(24,25)21(26)18-11-19(27-14-16-7-3-1-4-8-16)13-20(12-18)28-15-17-9-5-2-6-10-17/h1-13,21H,14-15,26H2/t21-/m0/s1. The van der Waals surface area contributed by atoms with Crippen LogP contribution in [0.2, 0.25) is 0 Å². The fraction of sp³-hybridized carbons (Fsp3) is 0.182. The Kier molecular flexibility index (Phi) is 6.21. The minimum Gasteiger partial charge on any atom is -0.489 e. The molecule has 0 aliphatic rings. The molecule has 0 saturated carbocycles. The molecule has 0 aliphatic carbocycles. The smallest absolute Gasteiger partial charge is 0.407 e. The van der Waals surface area contributed by atoms with E-state index in [4.69, 9.17) is 15.2 Å². The first-order valence-corrected chi connectivity index (χ1v) is 8.72. The zero-order chi connectivity index (χ0) is 20.0. The minimum atomic E-state index is -4.56. The van der Waals surface area contributed by atoms with Crippen molar-refractivity contribution in [3.8, 4) is 11.5 Å². The van der Waals surface area contributed by atoms with Crippen LogP contribution >= 0.6 is 0 Å². The van der Waals surface area contributed by atoms with E-state index in [1.54, 1.807) is 6.07 Å². The summed E-state index contributed by atoms with van der Waals surface area (Å²) in [5, 5.41) is 0. The molecule has 0 spiro atoms. The van der Waals surface area contributed by atoms with Crippen LogP contribution in [0.15, 0.2) is 78.9 Å². The molecular formula is C22H20F3NO2. The Balaban J connectivity index is 1.81. The molecule has 0 radical (unpaired) electrons. The van der Waals surface area contributed by atoms with Crippen molar-refractivity contribution < 1.29 is 22.6 Å². The molecule has 6 heteroatoms. The molecule has 0 aromatic heterocycles. The second-order valence-electron chi connectivity index (χ2n) is 6.31. The number of ether oxygens (including phenoxy) is 2. The number of hydrogen-bond acceptors (Lipinski definition) is 3. The number of alkyl halides is 3. The van der Waals surface area contributed by atoms with Crippen LogP contribution < -0.4 is 15.2 Å². The highest BCUT2D eigenvalue weighted by atomic mass is 19.4. The molecule has 3 rings (SSSR count). The molecule has 28 heavy (non-hydrogen) atoms. The molecule has 3 aromatic carbocycles. The lowest BCUT2D eigenvalue weighted by molar-refractivity contribution is -0.149. The lowest BCUT2D eigenvalue weighted by atomic mass is 10.1. The van der Waals surface area contributed by atoms with Gasteiger partial charge in [-0.1, -0.05) is 60.7 Å². The predicted octanol–water partition coefficient (Wildman–Crippen LogP) is 5.41. The van der Waals surface area contributed by atoms with Crippen LogP contribution in [0.4, 0.5) is 13.2 Å². The van der Waals surface area contributed by atoms with Gasteiger partial charge in [0.1, 0.15) is 30.8 Å². The number of benzene rings is 3. The van der Waals surface area contributed by atoms with Crippen molar-refractivity contribution in [2.24, 2.45) is 5.73 Å². The van der Waals surface area contributed by atoms with E-state index in [0.717, 1.165) is 11.1 Å². The molecule has 1 atom stereocenters. The van der Waals surface area contributed by atoms with Crippen molar-refractivity contribution in [3.63, 3.8) is 0 Å². The SMILES string of the molecule is N[C@@H](c1cc(OCc2ccccc2)cc(OCc2ccccc2)c1)C(F)(F)F. The van der Waals surface area contributed by atoms with Crippen molar-refractivity contribution in [2.75, 3.05) is 0 Å². The molecule has 3 nitrogen and oxygen atoms in total. The van der Waals surface area contributed by atoms with Gasteiger partial charge in [0.05, 0.1) is 0 Å². The third-order valence-electron chi connectivity index (χ3n) is 4.11.